The standard InChI is InChI=1S/C42H59N7O6S/c1-23-32-16-28(42(32,3)4)17-33(23)45-40(52)37-36(24(2)50)35(19-43)55-49(37)20-25-11-10-12-31(38(25)54-9)26-13-27(15-30(14-26)47(5)6)39(51)46-34(41(53)48(7)8)18-29-21-56-22-44-29/h10-15,21-24,28,32-37,50H,16-20,43H2,1-9H3,(H,45,52)(H,46,51)/t23-,24-,28+,32-,33-,34-,35-,36+,37-/m0/s1. The molecule has 3 aromatic rings. The molecule has 4 fully saturated rings. The van der Waals surface area contributed by atoms with Crippen molar-refractivity contribution >= 4 is 34.7 Å². The number of hydroxylamine groups is 2. The fourth-order valence-electron chi connectivity index (χ4n) is 9.33. The summed E-state index contributed by atoms with van der Waals surface area (Å²) in [6, 6.07) is 9.76. The van der Waals surface area contributed by atoms with Gasteiger partial charge in [0, 0.05) is 80.9 Å². The summed E-state index contributed by atoms with van der Waals surface area (Å²) in [4.78, 5) is 55.5. The molecule has 0 unspecified atom stereocenters. The molecule has 1 aromatic heterocycles. The molecule has 7 rings (SSSR count). The highest BCUT2D eigenvalue weighted by molar-refractivity contribution is 7.07. The van der Waals surface area contributed by atoms with E-state index in [2.05, 4.69) is 36.4 Å². The number of aliphatic hydroxyl groups is 1. The zero-order valence-corrected chi connectivity index (χ0v) is 34.9. The third-order valence-corrected chi connectivity index (χ3v) is 13.3. The van der Waals surface area contributed by atoms with E-state index in [4.69, 9.17) is 15.3 Å². The van der Waals surface area contributed by atoms with E-state index in [0.717, 1.165) is 34.5 Å². The van der Waals surface area contributed by atoms with Crippen LogP contribution in [0.2, 0.25) is 0 Å². The summed E-state index contributed by atoms with van der Waals surface area (Å²) in [6.45, 7) is 8.92. The second-order valence-corrected chi connectivity index (χ2v) is 17.6. The van der Waals surface area contributed by atoms with Crippen LogP contribution in [0.3, 0.4) is 0 Å². The van der Waals surface area contributed by atoms with Gasteiger partial charge in [0.25, 0.3) is 5.91 Å². The minimum absolute atomic E-state index is 0.0459. The maximum atomic E-state index is 14.3. The van der Waals surface area contributed by atoms with Crippen LogP contribution in [0.1, 0.15) is 62.2 Å². The summed E-state index contributed by atoms with van der Waals surface area (Å²) in [5.74, 6) is 0.669. The Bertz CT molecular complexity index is 1880. The number of nitrogens with two attached hydrogens (primary N) is 1. The Hall–Kier alpha value is -4.08. The lowest BCUT2D eigenvalue weighted by atomic mass is 9.45. The maximum Gasteiger partial charge on any atom is 0.252 e. The number of amides is 3. The number of methoxy groups -OCH3 is 1. The number of nitrogens with one attached hydrogen (secondary N) is 2. The van der Waals surface area contributed by atoms with Crippen LogP contribution in [0.25, 0.3) is 11.1 Å². The van der Waals surface area contributed by atoms with E-state index in [0.29, 0.717) is 29.1 Å². The van der Waals surface area contributed by atoms with Crippen LogP contribution in [-0.4, -0.2) is 110 Å². The molecule has 9 atom stereocenters. The van der Waals surface area contributed by atoms with Gasteiger partial charge in [0.1, 0.15) is 17.8 Å². The van der Waals surface area contributed by atoms with Crippen molar-refractivity contribution in [2.45, 2.75) is 83.8 Å². The molecule has 1 aliphatic heterocycles. The molecule has 5 N–H and O–H groups in total. The van der Waals surface area contributed by atoms with Gasteiger partial charge in [-0.05, 0) is 66.7 Å². The molecule has 3 saturated carbocycles. The average molecular weight is 790 g/mol. The van der Waals surface area contributed by atoms with Crippen molar-refractivity contribution in [1.29, 1.82) is 0 Å². The third kappa shape index (κ3) is 8.17. The number of likely N-dealkylation sites (N-methyl/N-ethyl adjacent to an activating group) is 1. The summed E-state index contributed by atoms with van der Waals surface area (Å²) in [5.41, 5.74) is 12.2. The van der Waals surface area contributed by atoms with E-state index in [1.54, 1.807) is 50.8 Å². The molecule has 1 saturated heterocycles. The van der Waals surface area contributed by atoms with Gasteiger partial charge in [-0.15, -0.1) is 11.3 Å². The van der Waals surface area contributed by atoms with Crippen molar-refractivity contribution in [3.8, 4) is 16.9 Å². The van der Waals surface area contributed by atoms with Crippen LogP contribution in [0.15, 0.2) is 47.3 Å². The number of carbonyl (C=O) groups excluding carboxylic acids is 3. The van der Waals surface area contributed by atoms with Crippen LogP contribution in [0, 0.1) is 29.1 Å². The number of benzene rings is 2. The van der Waals surface area contributed by atoms with Crippen LogP contribution >= 0.6 is 11.3 Å². The van der Waals surface area contributed by atoms with Gasteiger partial charge in [0.15, 0.2) is 0 Å². The van der Waals surface area contributed by atoms with Gasteiger partial charge in [0.2, 0.25) is 11.8 Å². The Kier molecular flexibility index (Phi) is 12.5. The molecular weight excluding hydrogens is 731 g/mol. The van der Waals surface area contributed by atoms with E-state index in [9.17, 15) is 19.5 Å². The summed E-state index contributed by atoms with van der Waals surface area (Å²) < 4.78 is 6.09. The molecule has 2 bridgehead atoms. The zero-order chi connectivity index (χ0) is 40.6. The number of hydrogen-bond acceptors (Lipinski definition) is 11. The van der Waals surface area contributed by atoms with Crippen molar-refractivity contribution in [3.63, 3.8) is 0 Å². The predicted molar refractivity (Wildman–Crippen MR) is 218 cm³/mol. The fourth-order valence-corrected chi connectivity index (χ4v) is 9.90. The first-order chi connectivity index (χ1) is 26.5. The molecule has 0 radical (unpaired) electrons. The molecule has 4 aliphatic rings. The lowest BCUT2D eigenvalue weighted by Crippen LogP contribution is -2.62. The van der Waals surface area contributed by atoms with Gasteiger partial charge >= 0.3 is 0 Å². The SMILES string of the molecule is COc1c(CN2O[C@@H](CN)[C@@H]([C@H](C)O)[C@H]2C(=O)N[C@H]2C[C@H]3C[C@@H]([C@@H]2C)C3(C)C)cccc1-c1cc(C(=O)N[C@@H](Cc2cscn2)C(=O)N(C)C)cc(N(C)C)c1. The average Bonchev–Trinajstić information content (AvgIpc) is 3.82. The summed E-state index contributed by atoms with van der Waals surface area (Å²) in [6.07, 6.45) is 0.992. The fraction of sp³-hybridized carbons (Fsp3) is 0.571. The summed E-state index contributed by atoms with van der Waals surface area (Å²) in [7, 11) is 8.71. The van der Waals surface area contributed by atoms with Gasteiger partial charge < -0.3 is 36.0 Å². The summed E-state index contributed by atoms with van der Waals surface area (Å²) >= 11 is 1.43. The largest absolute Gasteiger partial charge is 0.496 e. The first kappa shape index (κ1) is 41.6. The minimum atomic E-state index is -0.846. The second-order valence-electron chi connectivity index (χ2n) is 16.9. The van der Waals surface area contributed by atoms with Crippen LogP contribution < -0.4 is 26.0 Å². The number of anilines is 1. The van der Waals surface area contributed by atoms with Crippen LogP contribution in [0.4, 0.5) is 5.69 Å². The number of carbonyl (C=O) groups is 3. The van der Waals surface area contributed by atoms with Gasteiger partial charge in [-0.25, -0.2) is 4.98 Å². The maximum absolute atomic E-state index is 14.3. The number of rotatable bonds is 14. The predicted octanol–water partition coefficient (Wildman–Crippen LogP) is 3.94. The van der Waals surface area contributed by atoms with E-state index >= 15 is 0 Å². The Morgan fingerprint density at radius 3 is 2.50 bits per heavy atom. The molecule has 14 heteroatoms. The molecule has 0 spiro atoms. The molecule has 2 heterocycles. The first-order valence-electron chi connectivity index (χ1n) is 19.5. The molecule has 13 nitrogen and oxygen atoms in total. The Labute approximate surface area is 334 Å². The normalized spacial score (nSPS) is 26.4. The smallest absolute Gasteiger partial charge is 0.252 e. The van der Waals surface area contributed by atoms with Crippen LogP contribution in [-0.2, 0) is 27.4 Å². The van der Waals surface area contributed by atoms with Crippen molar-refractivity contribution in [1.82, 2.24) is 25.6 Å². The highest BCUT2D eigenvalue weighted by Crippen LogP contribution is 2.61. The molecule has 56 heavy (non-hydrogen) atoms. The molecule has 304 valence electrons. The topological polar surface area (TPSA) is 163 Å². The molecular formula is C42H59N7O6S. The highest BCUT2D eigenvalue weighted by atomic mass is 32.1. The Balaban J connectivity index is 1.29. The van der Waals surface area contributed by atoms with Gasteiger partial charge in [-0.1, -0.05) is 39.0 Å². The molecule has 3 aliphatic carbocycles. The number of thiazole rings is 1. The van der Waals surface area contributed by atoms with Crippen molar-refractivity contribution in [2.75, 3.05) is 46.7 Å². The highest BCUT2D eigenvalue weighted by Gasteiger charge is 2.57. The van der Waals surface area contributed by atoms with E-state index in [1.807, 2.05) is 48.6 Å². The number of fused-ring (bicyclic) bond motifs is 2. The number of nitrogens with zero attached hydrogens (tertiary/aromatic N) is 4. The number of aromatic nitrogens is 1. The number of hydrogen-bond donors (Lipinski definition) is 4. The van der Waals surface area contributed by atoms with Crippen molar-refractivity contribution in [3.05, 3.63) is 64.1 Å². The minimum Gasteiger partial charge on any atom is -0.496 e. The lowest BCUT2D eigenvalue weighted by Gasteiger charge is -2.62. The third-order valence-electron chi connectivity index (χ3n) is 12.7. The quantitative estimate of drug-likeness (QED) is 0.188. The van der Waals surface area contributed by atoms with Crippen molar-refractivity contribution in [2.24, 2.45) is 34.8 Å². The number of ether oxygens (including phenoxy) is 1. The second kappa shape index (κ2) is 16.8. The van der Waals surface area contributed by atoms with Gasteiger partial charge in [0.05, 0.1) is 37.1 Å². The summed E-state index contributed by atoms with van der Waals surface area (Å²) in [5, 5.41) is 20.9. The van der Waals surface area contributed by atoms with Crippen LogP contribution in [0.5, 0.6) is 5.75 Å². The van der Waals surface area contributed by atoms with E-state index < -0.39 is 36.1 Å². The monoisotopic (exact) mass is 789 g/mol. The van der Waals surface area contributed by atoms with Crippen molar-refractivity contribution < 1.29 is 29.1 Å². The van der Waals surface area contributed by atoms with E-state index in [1.165, 1.54) is 22.7 Å². The van der Waals surface area contributed by atoms with E-state index in [-0.39, 0.29) is 42.8 Å². The zero-order valence-electron chi connectivity index (χ0n) is 34.1. The Morgan fingerprint density at radius 1 is 1.16 bits per heavy atom. The van der Waals surface area contributed by atoms with Gasteiger partial charge in [-0.3, -0.25) is 19.2 Å². The van der Waals surface area contributed by atoms with Gasteiger partial charge in [-0.2, -0.15) is 5.06 Å². The number of aliphatic hydroxyl groups excluding tert-OH is 1. The molecule has 3 amide bonds. The molecule has 2 aromatic carbocycles. The lowest BCUT2D eigenvalue weighted by molar-refractivity contribution is -0.175. The Morgan fingerprint density at radius 2 is 1.91 bits per heavy atom. The number of para-hydroxylation sites is 1. The first-order valence-corrected chi connectivity index (χ1v) is 20.5.